The first kappa shape index (κ1) is 15.7. The van der Waals surface area contributed by atoms with E-state index < -0.39 is 9.84 Å². The zero-order valence-electron chi connectivity index (χ0n) is 11.8. The molecular formula is C13H19N3O4S. The molecule has 2 N–H and O–H groups in total. The predicted octanol–water partition coefficient (Wildman–Crippen LogP) is 0.0568. The third-order valence-electron chi connectivity index (χ3n) is 3.20. The summed E-state index contributed by atoms with van der Waals surface area (Å²) >= 11 is 0. The largest absolute Gasteiger partial charge is 0.383 e. The maximum absolute atomic E-state index is 12.0. The smallest absolute Gasteiger partial charge is 0.270 e. The fraction of sp³-hybridized carbons (Fsp3) is 0.538. The Morgan fingerprint density at radius 2 is 2.29 bits per heavy atom. The van der Waals surface area contributed by atoms with Crippen molar-refractivity contribution in [1.82, 2.24) is 10.3 Å². The van der Waals surface area contributed by atoms with Crippen LogP contribution in [0.25, 0.3) is 0 Å². The van der Waals surface area contributed by atoms with Crippen LogP contribution in [0.4, 0.5) is 5.69 Å². The highest BCUT2D eigenvalue weighted by atomic mass is 32.2. The molecule has 0 aliphatic carbocycles. The van der Waals surface area contributed by atoms with Gasteiger partial charge in [-0.3, -0.25) is 4.79 Å². The lowest BCUT2D eigenvalue weighted by Crippen LogP contribution is -2.36. The first-order valence-corrected chi connectivity index (χ1v) is 8.52. The maximum Gasteiger partial charge on any atom is 0.270 e. The number of nitrogens with one attached hydrogen (secondary N) is 2. The summed E-state index contributed by atoms with van der Waals surface area (Å²) in [6.45, 7) is 1.24. The minimum Gasteiger partial charge on any atom is -0.383 e. The number of aromatic nitrogens is 1. The molecular weight excluding hydrogens is 294 g/mol. The second kappa shape index (κ2) is 6.86. The standard InChI is InChI=1S/C13H19N3O4S/c1-20-6-5-14-10-2-3-12(15-8-10)13(17)16-11-4-7-21(18,19)9-11/h2-3,8,11,14H,4-7,9H2,1H3,(H,16,17). The summed E-state index contributed by atoms with van der Waals surface area (Å²) in [5.41, 5.74) is 1.07. The van der Waals surface area contributed by atoms with E-state index >= 15 is 0 Å². The third-order valence-corrected chi connectivity index (χ3v) is 4.97. The lowest BCUT2D eigenvalue weighted by Gasteiger charge is -2.11. The molecule has 7 nitrogen and oxygen atoms in total. The normalized spacial score (nSPS) is 20.1. The van der Waals surface area contributed by atoms with E-state index in [-0.39, 0.29) is 29.1 Å². The Labute approximate surface area is 124 Å². The molecule has 0 bridgehead atoms. The van der Waals surface area contributed by atoms with Gasteiger partial charge in [-0.2, -0.15) is 0 Å². The van der Waals surface area contributed by atoms with Crippen molar-refractivity contribution < 1.29 is 17.9 Å². The highest BCUT2D eigenvalue weighted by Gasteiger charge is 2.29. The van der Waals surface area contributed by atoms with Crippen LogP contribution in [-0.4, -0.2) is 57.1 Å². The summed E-state index contributed by atoms with van der Waals surface area (Å²) in [5.74, 6) is -0.205. The van der Waals surface area contributed by atoms with Gasteiger partial charge in [-0.05, 0) is 18.6 Å². The van der Waals surface area contributed by atoms with Gasteiger partial charge in [-0.25, -0.2) is 13.4 Å². The Balaban J connectivity index is 1.88. The van der Waals surface area contributed by atoms with Gasteiger partial charge in [0.1, 0.15) is 5.69 Å². The number of hydrogen-bond acceptors (Lipinski definition) is 6. The van der Waals surface area contributed by atoms with Gasteiger partial charge in [0, 0.05) is 19.7 Å². The van der Waals surface area contributed by atoms with Crippen molar-refractivity contribution >= 4 is 21.4 Å². The van der Waals surface area contributed by atoms with Gasteiger partial charge < -0.3 is 15.4 Å². The number of ether oxygens (including phenoxy) is 1. The Kier molecular flexibility index (Phi) is 5.13. The Morgan fingerprint density at radius 1 is 1.48 bits per heavy atom. The number of carbonyl (C=O) groups is 1. The molecule has 116 valence electrons. The first-order valence-electron chi connectivity index (χ1n) is 6.70. The van der Waals surface area contributed by atoms with E-state index in [0.29, 0.717) is 19.6 Å². The molecule has 0 aromatic carbocycles. The number of carbonyl (C=O) groups excluding carboxylic acids is 1. The van der Waals surface area contributed by atoms with Crippen LogP contribution in [-0.2, 0) is 14.6 Å². The van der Waals surface area contributed by atoms with Crippen molar-refractivity contribution in [2.45, 2.75) is 12.5 Å². The number of pyridine rings is 1. The molecule has 0 spiro atoms. The molecule has 21 heavy (non-hydrogen) atoms. The molecule has 1 atom stereocenters. The van der Waals surface area contributed by atoms with Gasteiger partial charge in [-0.15, -0.1) is 0 Å². The lowest BCUT2D eigenvalue weighted by atomic mass is 10.2. The first-order chi connectivity index (χ1) is 10.00. The van der Waals surface area contributed by atoms with Crippen molar-refractivity contribution in [3.8, 4) is 0 Å². The summed E-state index contributed by atoms with van der Waals surface area (Å²) in [4.78, 5) is 16.0. The summed E-state index contributed by atoms with van der Waals surface area (Å²) in [7, 11) is -1.38. The SMILES string of the molecule is COCCNc1ccc(C(=O)NC2CCS(=O)(=O)C2)nc1. The van der Waals surface area contributed by atoms with E-state index in [0.717, 1.165) is 5.69 Å². The zero-order chi connectivity index (χ0) is 15.3. The average Bonchev–Trinajstić information content (AvgIpc) is 2.79. The Bertz CT molecular complexity index is 586. The number of rotatable bonds is 6. The molecule has 0 radical (unpaired) electrons. The summed E-state index contributed by atoms with van der Waals surface area (Å²) in [6.07, 6.45) is 2.03. The van der Waals surface area contributed by atoms with E-state index in [4.69, 9.17) is 4.74 Å². The van der Waals surface area contributed by atoms with E-state index in [1.54, 1.807) is 25.4 Å². The summed E-state index contributed by atoms with van der Waals surface area (Å²) in [5, 5.41) is 5.80. The number of anilines is 1. The molecule has 1 saturated heterocycles. The number of sulfone groups is 1. The molecule has 1 fully saturated rings. The minimum absolute atomic E-state index is 0.00932. The topological polar surface area (TPSA) is 97.4 Å². The van der Waals surface area contributed by atoms with Crippen molar-refractivity contribution in [1.29, 1.82) is 0 Å². The van der Waals surface area contributed by atoms with Crippen molar-refractivity contribution in [2.24, 2.45) is 0 Å². The molecule has 8 heteroatoms. The molecule has 1 amide bonds. The second-order valence-electron chi connectivity index (χ2n) is 4.93. The molecule has 1 aliphatic heterocycles. The monoisotopic (exact) mass is 313 g/mol. The summed E-state index contributed by atoms with van der Waals surface area (Å²) in [6, 6.07) is 3.04. The van der Waals surface area contributed by atoms with Crippen molar-refractivity contribution in [3.05, 3.63) is 24.0 Å². The minimum atomic E-state index is -3.00. The molecule has 2 heterocycles. The number of amides is 1. The fourth-order valence-electron chi connectivity index (χ4n) is 2.10. The van der Waals surface area contributed by atoms with E-state index in [1.165, 1.54) is 0 Å². The Hall–Kier alpha value is -1.67. The molecule has 1 aromatic rings. The second-order valence-corrected chi connectivity index (χ2v) is 7.15. The van der Waals surface area contributed by atoms with Crippen LogP contribution >= 0.6 is 0 Å². The van der Waals surface area contributed by atoms with Crippen LogP contribution in [0.1, 0.15) is 16.9 Å². The van der Waals surface area contributed by atoms with Crippen LogP contribution in [0.15, 0.2) is 18.3 Å². The highest BCUT2D eigenvalue weighted by Crippen LogP contribution is 2.12. The quantitative estimate of drug-likeness (QED) is 0.721. The predicted molar refractivity (Wildman–Crippen MR) is 79.1 cm³/mol. The zero-order valence-corrected chi connectivity index (χ0v) is 12.6. The molecule has 1 unspecified atom stereocenters. The van der Waals surface area contributed by atoms with E-state index in [2.05, 4.69) is 15.6 Å². The van der Waals surface area contributed by atoms with Gasteiger partial charge in [0.05, 0.1) is 30.0 Å². The molecule has 0 saturated carbocycles. The van der Waals surface area contributed by atoms with Crippen LogP contribution in [0.3, 0.4) is 0 Å². The fourth-order valence-corrected chi connectivity index (χ4v) is 3.77. The van der Waals surface area contributed by atoms with Crippen molar-refractivity contribution in [2.75, 3.05) is 37.1 Å². The molecule has 1 aromatic heterocycles. The van der Waals surface area contributed by atoms with Crippen LogP contribution in [0, 0.1) is 0 Å². The van der Waals surface area contributed by atoms with Gasteiger partial charge in [-0.1, -0.05) is 0 Å². The maximum atomic E-state index is 12.0. The highest BCUT2D eigenvalue weighted by molar-refractivity contribution is 7.91. The van der Waals surface area contributed by atoms with Crippen LogP contribution < -0.4 is 10.6 Å². The van der Waals surface area contributed by atoms with Gasteiger partial charge >= 0.3 is 0 Å². The van der Waals surface area contributed by atoms with Crippen LogP contribution in [0.5, 0.6) is 0 Å². The Morgan fingerprint density at radius 3 is 2.86 bits per heavy atom. The average molecular weight is 313 g/mol. The van der Waals surface area contributed by atoms with Crippen LogP contribution in [0.2, 0.25) is 0 Å². The van der Waals surface area contributed by atoms with E-state index in [1.807, 2.05) is 0 Å². The van der Waals surface area contributed by atoms with Gasteiger partial charge in [0.25, 0.3) is 5.91 Å². The summed E-state index contributed by atoms with van der Waals surface area (Å²) < 4.78 is 27.6. The van der Waals surface area contributed by atoms with Crippen molar-refractivity contribution in [3.63, 3.8) is 0 Å². The van der Waals surface area contributed by atoms with Gasteiger partial charge in [0.15, 0.2) is 9.84 Å². The number of hydrogen-bond donors (Lipinski definition) is 2. The van der Waals surface area contributed by atoms with Gasteiger partial charge in [0.2, 0.25) is 0 Å². The number of methoxy groups -OCH3 is 1. The lowest BCUT2D eigenvalue weighted by molar-refractivity contribution is 0.0936. The third kappa shape index (κ3) is 4.68. The molecule has 2 rings (SSSR count). The van der Waals surface area contributed by atoms with E-state index in [9.17, 15) is 13.2 Å². The molecule has 1 aliphatic rings. The number of nitrogens with zero attached hydrogens (tertiary/aromatic N) is 1.